The summed E-state index contributed by atoms with van der Waals surface area (Å²) in [5.41, 5.74) is 5.57. The molecule has 6 heterocycles. The molecule has 0 unspecified atom stereocenters. The zero-order chi connectivity index (χ0) is 33.3. The van der Waals surface area contributed by atoms with Gasteiger partial charge in [0.2, 0.25) is 11.8 Å². The number of nitrogens with one attached hydrogen (secondary N) is 2. The largest absolute Gasteiger partial charge is 0.366 e. The molecule has 9 rings (SSSR count). The average molecular weight is 665 g/mol. The highest BCUT2D eigenvalue weighted by Crippen LogP contribution is 2.52. The minimum absolute atomic E-state index is 0.214. The number of amides is 2. The molecule has 1 aromatic carbocycles. The van der Waals surface area contributed by atoms with Gasteiger partial charge in [-0.1, -0.05) is 18.6 Å². The van der Waals surface area contributed by atoms with E-state index in [0.29, 0.717) is 50.4 Å². The van der Waals surface area contributed by atoms with E-state index in [0.717, 1.165) is 71.7 Å². The number of likely N-dealkylation sites (tertiary alicyclic amines) is 2. The Kier molecular flexibility index (Phi) is 7.95. The Morgan fingerprint density at radius 2 is 1.82 bits per heavy atom. The zero-order valence-electron chi connectivity index (χ0n) is 29.3. The molecule has 3 saturated heterocycles. The topological polar surface area (TPSA) is 98.6 Å². The fourth-order valence-electron chi connectivity index (χ4n) is 9.47. The number of aromatic nitrogens is 3. The Labute approximate surface area is 290 Å². The van der Waals surface area contributed by atoms with Crippen LogP contribution >= 0.6 is 0 Å². The molecule has 6 aliphatic rings. The van der Waals surface area contributed by atoms with E-state index in [2.05, 4.69) is 63.1 Å². The quantitative estimate of drug-likeness (QED) is 0.329. The number of imidazole rings is 1. The molecule has 3 aromatic rings. The van der Waals surface area contributed by atoms with Gasteiger partial charge in [-0.25, -0.2) is 9.97 Å². The van der Waals surface area contributed by atoms with Crippen molar-refractivity contribution in [2.75, 3.05) is 49.5 Å². The van der Waals surface area contributed by atoms with Gasteiger partial charge < -0.3 is 29.9 Å². The van der Waals surface area contributed by atoms with Gasteiger partial charge in [0.15, 0.2) is 5.82 Å². The molecule has 2 N–H and O–H groups in total. The molecule has 2 aliphatic carbocycles. The predicted octanol–water partition coefficient (Wildman–Crippen LogP) is 5.48. The van der Waals surface area contributed by atoms with Crippen molar-refractivity contribution in [1.29, 1.82) is 0 Å². The van der Waals surface area contributed by atoms with Crippen LogP contribution in [0.15, 0.2) is 30.6 Å². The standard InChI is InChI=1S/C39H52N8O2/c1-25(2)46-24-41-33-22-32(43-37(36(33)46)42-28-7-8-28)27-6-9-31-34(19-27)47(30-20-29(21-30)44-14-4-3-5-15-44)38(49)39(31)11-16-45(17-12-39)35(48)18-26-10-13-40-23-26/h6,9,19,22,24-26,28-30,40H,3-5,7-8,10-18,20-21,23H2,1-2H3,(H,42,43)/t26-,29?,30?/m0/s1. The van der Waals surface area contributed by atoms with Gasteiger partial charge in [0.25, 0.3) is 0 Å². The minimum Gasteiger partial charge on any atom is -0.366 e. The van der Waals surface area contributed by atoms with Gasteiger partial charge in [-0.15, -0.1) is 0 Å². The lowest BCUT2D eigenvalue weighted by Gasteiger charge is -2.48. The lowest BCUT2D eigenvalue weighted by Crippen LogP contribution is -2.58. The van der Waals surface area contributed by atoms with E-state index in [1.807, 2.05) is 11.2 Å². The normalized spacial score (nSPS) is 26.9. The molecule has 260 valence electrons. The number of hydrogen-bond acceptors (Lipinski definition) is 7. The summed E-state index contributed by atoms with van der Waals surface area (Å²) in [7, 11) is 0. The van der Waals surface area contributed by atoms with E-state index in [-0.39, 0.29) is 23.9 Å². The summed E-state index contributed by atoms with van der Waals surface area (Å²) in [5, 5.41) is 7.09. The number of hydrogen-bond donors (Lipinski definition) is 2. The summed E-state index contributed by atoms with van der Waals surface area (Å²) >= 11 is 0. The van der Waals surface area contributed by atoms with Crippen LogP contribution in [0.3, 0.4) is 0 Å². The van der Waals surface area contributed by atoms with Crippen molar-refractivity contribution in [3.63, 3.8) is 0 Å². The number of nitrogens with zero attached hydrogens (tertiary/aromatic N) is 6. The van der Waals surface area contributed by atoms with Gasteiger partial charge >= 0.3 is 0 Å². The summed E-state index contributed by atoms with van der Waals surface area (Å²) in [6.07, 6.45) is 13.3. The minimum atomic E-state index is -0.568. The molecule has 2 saturated carbocycles. The van der Waals surface area contributed by atoms with E-state index in [4.69, 9.17) is 9.97 Å². The number of carbonyl (C=O) groups excluding carboxylic acids is 2. The van der Waals surface area contributed by atoms with Crippen molar-refractivity contribution in [3.05, 3.63) is 36.2 Å². The molecule has 0 bridgehead atoms. The Hall–Kier alpha value is -3.50. The third-order valence-electron chi connectivity index (χ3n) is 12.7. The van der Waals surface area contributed by atoms with Crippen molar-refractivity contribution in [2.45, 2.75) is 114 Å². The summed E-state index contributed by atoms with van der Waals surface area (Å²) in [6.45, 7) is 9.98. The number of pyridine rings is 1. The van der Waals surface area contributed by atoms with Crippen LogP contribution in [0.1, 0.15) is 96.1 Å². The maximum Gasteiger partial charge on any atom is 0.238 e. The Bertz CT molecular complexity index is 1740. The molecular formula is C39H52N8O2. The van der Waals surface area contributed by atoms with Crippen LogP contribution in [-0.4, -0.2) is 93.5 Å². The van der Waals surface area contributed by atoms with Crippen LogP contribution in [0, 0.1) is 5.92 Å². The van der Waals surface area contributed by atoms with Crippen LogP contribution in [-0.2, 0) is 15.0 Å². The van der Waals surface area contributed by atoms with Gasteiger partial charge in [0, 0.05) is 54.9 Å². The fourth-order valence-corrected chi connectivity index (χ4v) is 9.47. The van der Waals surface area contributed by atoms with E-state index >= 15 is 0 Å². The Morgan fingerprint density at radius 3 is 2.53 bits per heavy atom. The Balaban J connectivity index is 1.04. The highest BCUT2D eigenvalue weighted by Gasteiger charge is 2.56. The summed E-state index contributed by atoms with van der Waals surface area (Å²) in [6, 6.07) is 10.3. The highest BCUT2D eigenvalue weighted by molar-refractivity contribution is 6.09. The highest BCUT2D eigenvalue weighted by atomic mass is 16.2. The second-order valence-electron chi connectivity index (χ2n) is 16.2. The average Bonchev–Trinajstić information content (AvgIpc) is 3.47. The van der Waals surface area contributed by atoms with Crippen LogP contribution in [0.25, 0.3) is 22.3 Å². The van der Waals surface area contributed by atoms with Crippen LogP contribution in [0.5, 0.6) is 0 Å². The maximum atomic E-state index is 14.8. The smallest absolute Gasteiger partial charge is 0.238 e. The maximum absolute atomic E-state index is 14.8. The number of anilines is 2. The summed E-state index contributed by atoms with van der Waals surface area (Å²) < 4.78 is 2.21. The number of carbonyl (C=O) groups is 2. The SMILES string of the molecule is CC(C)n1cnc2cc(-c3ccc4c(c3)N(C3CC(N5CCCCC5)C3)C(=O)C43CCN(C(=O)C[C@@H]4CCNC4)CC3)nc(NC3CC3)c21. The second kappa shape index (κ2) is 12.4. The molecule has 1 spiro atoms. The molecule has 5 fully saturated rings. The molecule has 4 aliphatic heterocycles. The molecule has 2 amide bonds. The fraction of sp³-hybridized carbons (Fsp3) is 0.641. The first-order valence-electron chi connectivity index (χ1n) is 19.2. The molecule has 2 aromatic heterocycles. The van der Waals surface area contributed by atoms with Gasteiger partial charge in [0.05, 0.1) is 23.0 Å². The lowest BCUT2D eigenvalue weighted by molar-refractivity contribution is -0.136. The van der Waals surface area contributed by atoms with Crippen LogP contribution in [0.2, 0.25) is 0 Å². The molecule has 10 nitrogen and oxygen atoms in total. The first-order chi connectivity index (χ1) is 23.9. The van der Waals surface area contributed by atoms with Gasteiger partial charge in [-0.3, -0.25) is 9.59 Å². The monoisotopic (exact) mass is 664 g/mol. The van der Waals surface area contributed by atoms with E-state index in [9.17, 15) is 9.59 Å². The molecule has 10 heteroatoms. The number of piperidine rings is 2. The van der Waals surface area contributed by atoms with Crippen molar-refractivity contribution >= 4 is 34.4 Å². The van der Waals surface area contributed by atoms with Crippen molar-refractivity contribution in [3.8, 4) is 11.3 Å². The van der Waals surface area contributed by atoms with Gasteiger partial charge in [-0.2, -0.15) is 0 Å². The van der Waals surface area contributed by atoms with Crippen molar-refractivity contribution in [1.82, 2.24) is 29.7 Å². The molecule has 0 radical (unpaired) electrons. The van der Waals surface area contributed by atoms with Crippen LogP contribution < -0.4 is 15.5 Å². The van der Waals surface area contributed by atoms with E-state index in [1.54, 1.807) is 0 Å². The predicted molar refractivity (Wildman–Crippen MR) is 193 cm³/mol. The number of fused-ring (bicyclic) bond motifs is 3. The summed E-state index contributed by atoms with van der Waals surface area (Å²) in [4.78, 5) is 45.1. The van der Waals surface area contributed by atoms with Gasteiger partial charge in [0.1, 0.15) is 5.52 Å². The number of rotatable bonds is 8. The lowest BCUT2D eigenvalue weighted by atomic mass is 9.73. The third kappa shape index (κ3) is 5.54. The van der Waals surface area contributed by atoms with E-state index < -0.39 is 5.41 Å². The third-order valence-corrected chi connectivity index (χ3v) is 12.7. The van der Waals surface area contributed by atoms with E-state index in [1.165, 1.54) is 45.2 Å². The number of benzene rings is 1. The zero-order valence-corrected chi connectivity index (χ0v) is 29.3. The second-order valence-corrected chi connectivity index (χ2v) is 16.2. The Morgan fingerprint density at radius 1 is 1.02 bits per heavy atom. The first kappa shape index (κ1) is 31.5. The summed E-state index contributed by atoms with van der Waals surface area (Å²) in [5.74, 6) is 1.84. The first-order valence-corrected chi connectivity index (χ1v) is 19.2. The molecule has 49 heavy (non-hydrogen) atoms. The van der Waals surface area contributed by atoms with Crippen molar-refractivity contribution < 1.29 is 9.59 Å². The van der Waals surface area contributed by atoms with Crippen LogP contribution in [0.4, 0.5) is 11.5 Å². The molecular weight excluding hydrogens is 612 g/mol. The molecule has 1 atom stereocenters. The van der Waals surface area contributed by atoms with Gasteiger partial charge in [-0.05, 0) is 121 Å². The van der Waals surface area contributed by atoms with Crippen molar-refractivity contribution in [2.24, 2.45) is 5.92 Å².